The third-order valence-electron chi connectivity index (χ3n) is 3.19. The highest BCUT2D eigenvalue weighted by atomic mass is 16.5. The molecule has 1 heterocycles. The highest BCUT2D eigenvalue weighted by Gasteiger charge is 2.17. The molecule has 0 unspecified atom stereocenters. The number of carbonyl (C=O) groups is 1. The van der Waals surface area contributed by atoms with Crippen LogP contribution in [0.25, 0.3) is 0 Å². The first-order valence-corrected chi connectivity index (χ1v) is 6.52. The Morgan fingerprint density at radius 2 is 2.18 bits per heavy atom. The van der Waals surface area contributed by atoms with Gasteiger partial charge in [-0.15, -0.1) is 0 Å². The highest BCUT2D eigenvalue weighted by Crippen LogP contribution is 2.19. The van der Waals surface area contributed by atoms with Gasteiger partial charge in [0, 0.05) is 12.6 Å². The number of rotatable bonds is 6. The van der Waals surface area contributed by atoms with Crippen molar-refractivity contribution in [3.05, 3.63) is 12.2 Å². The van der Waals surface area contributed by atoms with E-state index in [9.17, 15) is 4.79 Å². The Bertz CT molecular complexity index is 246. The van der Waals surface area contributed by atoms with Crippen molar-refractivity contribution in [1.29, 1.82) is 0 Å². The van der Waals surface area contributed by atoms with Gasteiger partial charge < -0.3 is 10.5 Å². The predicted molar refractivity (Wildman–Crippen MR) is 68.6 cm³/mol. The van der Waals surface area contributed by atoms with Crippen molar-refractivity contribution in [3.63, 3.8) is 0 Å². The van der Waals surface area contributed by atoms with Crippen LogP contribution in [0, 0.1) is 5.92 Å². The molecule has 0 aromatic rings. The zero-order valence-corrected chi connectivity index (χ0v) is 10.7. The molecule has 4 heteroatoms. The fourth-order valence-electron chi connectivity index (χ4n) is 2.18. The zero-order valence-electron chi connectivity index (χ0n) is 10.7. The van der Waals surface area contributed by atoms with Crippen LogP contribution in [0.15, 0.2) is 12.2 Å². The zero-order chi connectivity index (χ0) is 12.5. The van der Waals surface area contributed by atoms with Crippen molar-refractivity contribution in [2.75, 3.05) is 32.8 Å². The molecular formula is C13H24N2O2. The molecule has 1 aliphatic rings. The number of hydrogen-bond donors (Lipinski definition) is 1. The molecule has 0 spiro atoms. The number of piperidine rings is 1. The Balaban J connectivity index is 2.15. The molecule has 1 fully saturated rings. The third kappa shape index (κ3) is 5.84. The normalized spacial score (nSPS) is 18.7. The average molecular weight is 240 g/mol. The third-order valence-corrected chi connectivity index (χ3v) is 3.19. The first-order chi connectivity index (χ1) is 8.26. The van der Waals surface area contributed by atoms with E-state index < -0.39 is 0 Å². The maximum absolute atomic E-state index is 11.1. The minimum absolute atomic E-state index is 0.245. The Labute approximate surface area is 104 Å². The fourth-order valence-corrected chi connectivity index (χ4v) is 2.18. The predicted octanol–water partition coefficient (Wildman–Crippen LogP) is 1.17. The molecule has 0 saturated carbocycles. The van der Waals surface area contributed by atoms with Crippen LogP contribution in [0.3, 0.4) is 0 Å². The smallest absolute Gasteiger partial charge is 0.330 e. The van der Waals surface area contributed by atoms with E-state index in [1.54, 1.807) is 0 Å². The molecule has 1 aliphatic heterocycles. The molecule has 0 aromatic heterocycles. The second kappa shape index (κ2) is 8.25. The minimum Gasteiger partial charge on any atom is -0.463 e. The molecule has 2 N–H and O–H groups in total. The number of nitrogens with two attached hydrogens (primary N) is 1. The molecular weight excluding hydrogens is 216 g/mol. The molecule has 0 radical (unpaired) electrons. The van der Waals surface area contributed by atoms with Crippen molar-refractivity contribution in [2.24, 2.45) is 11.7 Å². The SMILES string of the molecule is CCOC(=O)C=CCN1CCC(CCN)CC1. The summed E-state index contributed by atoms with van der Waals surface area (Å²) in [6.45, 7) is 6.11. The summed E-state index contributed by atoms with van der Waals surface area (Å²) in [7, 11) is 0. The summed E-state index contributed by atoms with van der Waals surface area (Å²) >= 11 is 0. The topological polar surface area (TPSA) is 55.6 Å². The van der Waals surface area contributed by atoms with Crippen LogP contribution in [-0.4, -0.2) is 43.7 Å². The largest absolute Gasteiger partial charge is 0.463 e. The standard InChI is InChI=1S/C13H24N2O2/c1-2-17-13(16)4-3-9-15-10-6-12(5-8-14)7-11-15/h3-4,12H,2,5-11,14H2,1H3. The summed E-state index contributed by atoms with van der Waals surface area (Å²) in [4.78, 5) is 13.4. The first kappa shape index (κ1) is 14.2. The maximum Gasteiger partial charge on any atom is 0.330 e. The van der Waals surface area contributed by atoms with Gasteiger partial charge in [0.2, 0.25) is 0 Å². The molecule has 0 aliphatic carbocycles. The summed E-state index contributed by atoms with van der Waals surface area (Å²) in [5, 5.41) is 0. The monoisotopic (exact) mass is 240 g/mol. The van der Waals surface area contributed by atoms with Crippen LogP contribution >= 0.6 is 0 Å². The van der Waals surface area contributed by atoms with E-state index in [0.29, 0.717) is 6.61 Å². The summed E-state index contributed by atoms with van der Waals surface area (Å²) in [6, 6.07) is 0. The maximum atomic E-state index is 11.1. The number of ether oxygens (including phenoxy) is 1. The van der Waals surface area contributed by atoms with Crippen molar-refractivity contribution in [1.82, 2.24) is 4.90 Å². The number of carbonyl (C=O) groups excluding carboxylic acids is 1. The van der Waals surface area contributed by atoms with Gasteiger partial charge in [0.1, 0.15) is 0 Å². The summed E-state index contributed by atoms with van der Waals surface area (Å²) in [5.41, 5.74) is 5.56. The van der Waals surface area contributed by atoms with E-state index in [2.05, 4.69) is 4.90 Å². The van der Waals surface area contributed by atoms with Gasteiger partial charge in [0.25, 0.3) is 0 Å². The van der Waals surface area contributed by atoms with Crippen LogP contribution in [0.4, 0.5) is 0 Å². The number of esters is 1. The van der Waals surface area contributed by atoms with Gasteiger partial charge in [-0.05, 0) is 51.7 Å². The number of nitrogens with zero attached hydrogens (tertiary/aromatic N) is 1. The molecule has 1 saturated heterocycles. The van der Waals surface area contributed by atoms with Gasteiger partial charge in [0.05, 0.1) is 6.61 Å². The Morgan fingerprint density at radius 1 is 1.47 bits per heavy atom. The fraction of sp³-hybridized carbons (Fsp3) is 0.769. The molecule has 1 rings (SSSR count). The van der Waals surface area contributed by atoms with Crippen LogP contribution < -0.4 is 5.73 Å². The molecule has 98 valence electrons. The molecule has 4 nitrogen and oxygen atoms in total. The second-order valence-electron chi connectivity index (χ2n) is 4.48. The van der Waals surface area contributed by atoms with Gasteiger partial charge in [-0.2, -0.15) is 0 Å². The Hall–Kier alpha value is -0.870. The van der Waals surface area contributed by atoms with Crippen LogP contribution in [0.2, 0.25) is 0 Å². The van der Waals surface area contributed by atoms with Gasteiger partial charge in [-0.1, -0.05) is 6.08 Å². The minimum atomic E-state index is -0.245. The summed E-state index contributed by atoms with van der Waals surface area (Å²) in [6.07, 6.45) is 7.01. The summed E-state index contributed by atoms with van der Waals surface area (Å²) in [5.74, 6) is 0.552. The van der Waals surface area contributed by atoms with Crippen LogP contribution in [0.5, 0.6) is 0 Å². The van der Waals surface area contributed by atoms with Crippen molar-refractivity contribution in [3.8, 4) is 0 Å². The van der Waals surface area contributed by atoms with Crippen LogP contribution in [0.1, 0.15) is 26.2 Å². The van der Waals surface area contributed by atoms with E-state index in [0.717, 1.165) is 38.5 Å². The number of hydrogen-bond acceptors (Lipinski definition) is 4. The van der Waals surface area contributed by atoms with Crippen molar-refractivity contribution >= 4 is 5.97 Å². The first-order valence-electron chi connectivity index (χ1n) is 6.52. The Kier molecular flexibility index (Phi) is 6.89. The summed E-state index contributed by atoms with van der Waals surface area (Å²) < 4.78 is 4.82. The van der Waals surface area contributed by atoms with Gasteiger partial charge in [-0.25, -0.2) is 4.79 Å². The average Bonchev–Trinajstić information content (AvgIpc) is 2.32. The van der Waals surface area contributed by atoms with Crippen LogP contribution in [-0.2, 0) is 9.53 Å². The van der Waals surface area contributed by atoms with E-state index in [4.69, 9.17) is 10.5 Å². The molecule has 0 bridgehead atoms. The molecule has 17 heavy (non-hydrogen) atoms. The second-order valence-corrected chi connectivity index (χ2v) is 4.48. The van der Waals surface area contributed by atoms with Crippen molar-refractivity contribution in [2.45, 2.75) is 26.2 Å². The van der Waals surface area contributed by atoms with Gasteiger partial charge in [0.15, 0.2) is 0 Å². The lowest BCUT2D eigenvalue weighted by Crippen LogP contribution is -2.34. The van der Waals surface area contributed by atoms with Gasteiger partial charge in [-0.3, -0.25) is 4.90 Å². The molecule has 0 atom stereocenters. The van der Waals surface area contributed by atoms with E-state index in [-0.39, 0.29) is 5.97 Å². The molecule has 0 aromatic carbocycles. The van der Waals surface area contributed by atoms with Gasteiger partial charge >= 0.3 is 5.97 Å². The highest BCUT2D eigenvalue weighted by molar-refractivity contribution is 5.81. The van der Waals surface area contributed by atoms with E-state index >= 15 is 0 Å². The Morgan fingerprint density at radius 3 is 2.76 bits per heavy atom. The number of likely N-dealkylation sites (tertiary alicyclic amines) is 1. The quantitative estimate of drug-likeness (QED) is 0.559. The van der Waals surface area contributed by atoms with E-state index in [1.165, 1.54) is 18.9 Å². The van der Waals surface area contributed by atoms with Crippen molar-refractivity contribution < 1.29 is 9.53 Å². The van der Waals surface area contributed by atoms with E-state index in [1.807, 2.05) is 13.0 Å². The lowest BCUT2D eigenvalue weighted by atomic mass is 9.94. The molecule has 0 amide bonds. The lowest BCUT2D eigenvalue weighted by Gasteiger charge is -2.30. The lowest BCUT2D eigenvalue weighted by molar-refractivity contribution is -0.137.